The van der Waals surface area contributed by atoms with Crippen molar-refractivity contribution in [3.05, 3.63) is 29.8 Å². The van der Waals surface area contributed by atoms with E-state index in [9.17, 15) is 4.79 Å². The molecule has 1 amide bonds. The summed E-state index contributed by atoms with van der Waals surface area (Å²) in [7, 11) is 1.61. The predicted molar refractivity (Wildman–Crippen MR) is 73.3 cm³/mol. The molecule has 0 radical (unpaired) electrons. The number of carbonyl (C=O) groups is 1. The number of hydrogen-bond donors (Lipinski definition) is 1. The summed E-state index contributed by atoms with van der Waals surface area (Å²) in [6.45, 7) is 3.81. The maximum absolute atomic E-state index is 11.5. The van der Waals surface area contributed by atoms with Gasteiger partial charge in [-0.25, -0.2) is 0 Å². The van der Waals surface area contributed by atoms with E-state index < -0.39 is 0 Å². The number of aromatic nitrogens is 4. The molecular weight excluding hydrogens is 262 g/mol. The molecule has 1 heterocycles. The number of aryl methyl sites for hydroxylation is 1. The Bertz CT molecular complexity index is 583. The molecule has 0 saturated heterocycles. The van der Waals surface area contributed by atoms with Gasteiger partial charge in [-0.15, -0.1) is 5.10 Å². The van der Waals surface area contributed by atoms with Gasteiger partial charge < -0.3 is 5.32 Å². The van der Waals surface area contributed by atoms with E-state index in [1.54, 1.807) is 11.7 Å². The predicted octanol–water partition coefficient (Wildman–Crippen LogP) is 1.20. The van der Waals surface area contributed by atoms with Gasteiger partial charge >= 0.3 is 0 Å². The van der Waals surface area contributed by atoms with E-state index >= 15 is 0 Å². The number of nitrogens with one attached hydrogen (secondary N) is 1. The third-order valence-corrected chi connectivity index (χ3v) is 3.72. The normalized spacial score (nSPS) is 12.2. The molecule has 2 aromatic rings. The van der Waals surface area contributed by atoms with Gasteiger partial charge in [0.1, 0.15) is 0 Å². The summed E-state index contributed by atoms with van der Waals surface area (Å²) in [6, 6.07) is 7.83. The van der Waals surface area contributed by atoms with Gasteiger partial charge in [0.25, 0.3) is 0 Å². The van der Waals surface area contributed by atoms with E-state index in [0.29, 0.717) is 5.16 Å². The van der Waals surface area contributed by atoms with Crippen molar-refractivity contribution in [1.29, 1.82) is 0 Å². The van der Waals surface area contributed by atoms with Crippen molar-refractivity contribution in [3.8, 4) is 5.69 Å². The first-order valence-corrected chi connectivity index (χ1v) is 6.74. The van der Waals surface area contributed by atoms with Crippen LogP contribution in [0.1, 0.15) is 12.5 Å². The molecule has 1 aromatic heterocycles. The molecular formula is C12H15N5OS. The van der Waals surface area contributed by atoms with Gasteiger partial charge in [0.05, 0.1) is 10.9 Å². The SMILES string of the molecule is CNC(=O)C(C)Sc1nnnn1-c1ccccc1C. The van der Waals surface area contributed by atoms with Crippen molar-refractivity contribution in [2.75, 3.05) is 7.05 Å². The zero-order valence-electron chi connectivity index (χ0n) is 11.0. The van der Waals surface area contributed by atoms with Crippen LogP contribution < -0.4 is 5.32 Å². The van der Waals surface area contributed by atoms with Gasteiger partial charge in [0, 0.05) is 7.05 Å². The second-order valence-electron chi connectivity index (χ2n) is 4.03. The van der Waals surface area contributed by atoms with Gasteiger partial charge in [-0.1, -0.05) is 30.0 Å². The highest BCUT2D eigenvalue weighted by molar-refractivity contribution is 8.00. The van der Waals surface area contributed by atoms with E-state index in [1.165, 1.54) is 11.8 Å². The lowest BCUT2D eigenvalue weighted by atomic mass is 10.2. The van der Waals surface area contributed by atoms with E-state index in [2.05, 4.69) is 20.8 Å². The second-order valence-corrected chi connectivity index (χ2v) is 5.34. The summed E-state index contributed by atoms with van der Waals surface area (Å²) in [6.07, 6.45) is 0. The van der Waals surface area contributed by atoms with Gasteiger partial charge in [-0.05, 0) is 35.9 Å². The minimum atomic E-state index is -0.251. The number of thioether (sulfide) groups is 1. The number of rotatable bonds is 4. The molecule has 6 nitrogen and oxygen atoms in total. The number of amides is 1. The van der Waals surface area contributed by atoms with Gasteiger partial charge in [-0.3, -0.25) is 4.79 Å². The molecule has 1 unspecified atom stereocenters. The highest BCUT2D eigenvalue weighted by atomic mass is 32.2. The van der Waals surface area contributed by atoms with Crippen molar-refractivity contribution in [2.24, 2.45) is 0 Å². The van der Waals surface area contributed by atoms with E-state index in [4.69, 9.17) is 0 Å². The van der Waals surface area contributed by atoms with Crippen LogP contribution in [0.2, 0.25) is 0 Å². The van der Waals surface area contributed by atoms with Crippen LogP contribution in [0.3, 0.4) is 0 Å². The third-order valence-electron chi connectivity index (χ3n) is 2.68. The lowest BCUT2D eigenvalue weighted by Crippen LogP contribution is -2.27. The van der Waals surface area contributed by atoms with Gasteiger partial charge in [0.15, 0.2) is 0 Å². The summed E-state index contributed by atoms with van der Waals surface area (Å²) >= 11 is 1.33. The van der Waals surface area contributed by atoms with Crippen LogP contribution in [0.5, 0.6) is 0 Å². The van der Waals surface area contributed by atoms with Crippen LogP contribution in [0.4, 0.5) is 0 Å². The molecule has 1 aromatic carbocycles. The van der Waals surface area contributed by atoms with Crippen LogP contribution in [-0.2, 0) is 4.79 Å². The first-order valence-electron chi connectivity index (χ1n) is 5.86. The molecule has 0 aliphatic carbocycles. The molecule has 7 heteroatoms. The number of carbonyl (C=O) groups excluding carboxylic acids is 1. The number of benzene rings is 1. The van der Waals surface area contributed by atoms with Crippen LogP contribution in [0, 0.1) is 6.92 Å². The molecule has 2 rings (SSSR count). The molecule has 1 N–H and O–H groups in total. The van der Waals surface area contributed by atoms with Crippen molar-refractivity contribution in [3.63, 3.8) is 0 Å². The zero-order chi connectivity index (χ0) is 13.8. The second kappa shape index (κ2) is 5.83. The van der Waals surface area contributed by atoms with Crippen LogP contribution in [0.25, 0.3) is 5.69 Å². The fourth-order valence-electron chi connectivity index (χ4n) is 1.62. The third kappa shape index (κ3) is 2.93. The van der Waals surface area contributed by atoms with Gasteiger partial charge in [-0.2, -0.15) is 4.68 Å². The fraction of sp³-hybridized carbons (Fsp3) is 0.333. The van der Waals surface area contributed by atoms with Crippen LogP contribution in [0.15, 0.2) is 29.4 Å². The Hall–Kier alpha value is -1.89. The van der Waals surface area contributed by atoms with Crippen LogP contribution >= 0.6 is 11.8 Å². The molecule has 0 aliphatic heterocycles. The maximum Gasteiger partial charge on any atom is 0.233 e. The molecule has 100 valence electrons. The van der Waals surface area contributed by atoms with Crippen molar-refractivity contribution in [1.82, 2.24) is 25.5 Å². The zero-order valence-corrected chi connectivity index (χ0v) is 11.8. The Balaban J connectivity index is 2.28. The summed E-state index contributed by atoms with van der Waals surface area (Å²) in [5.41, 5.74) is 1.99. The Morgan fingerprint density at radius 2 is 2.16 bits per heavy atom. The summed E-state index contributed by atoms with van der Waals surface area (Å²) in [5, 5.41) is 14.6. The molecule has 0 aliphatic rings. The summed E-state index contributed by atoms with van der Waals surface area (Å²) in [4.78, 5) is 11.5. The van der Waals surface area contributed by atoms with E-state index in [-0.39, 0.29) is 11.2 Å². The highest BCUT2D eigenvalue weighted by Crippen LogP contribution is 2.23. The standard InChI is InChI=1S/C12H15N5OS/c1-8-6-4-5-7-10(8)17-12(14-15-16-17)19-9(2)11(18)13-3/h4-7,9H,1-3H3,(H,13,18). The molecule has 0 spiro atoms. The molecule has 0 bridgehead atoms. The average Bonchev–Trinajstić information content (AvgIpc) is 2.86. The topological polar surface area (TPSA) is 72.7 Å². The first kappa shape index (κ1) is 13.5. The number of tetrazole rings is 1. The summed E-state index contributed by atoms with van der Waals surface area (Å²) in [5.74, 6) is -0.0515. The molecule has 0 fully saturated rings. The quantitative estimate of drug-likeness (QED) is 0.850. The lowest BCUT2D eigenvalue weighted by molar-refractivity contribution is -0.119. The Labute approximate surface area is 115 Å². The van der Waals surface area contributed by atoms with E-state index in [1.807, 2.05) is 38.1 Å². The molecule has 0 saturated carbocycles. The first-order chi connectivity index (χ1) is 9.13. The Morgan fingerprint density at radius 3 is 2.84 bits per heavy atom. The number of para-hydroxylation sites is 1. The monoisotopic (exact) mass is 277 g/mol. The summed E-state index contributed by atoms with van der Waals surface area (Å²) < 4.78 is 1.65. The maximum atomic E-state index is 11.5. The Kier molecular flexibility index (Phi) is 4.16. The Morgan fingerprint density at radius 1 is 1.42 bits per heavy atom. The molecule has 19 heavy (non-hydrogen) atoms. The number of hydrogen-bond acceptors (Lipinski definition) is 5. The van der Waals surface area contributed by atoms with Crippen molar-refractivity contribution >= 4 is 17.7 Å². The highest BCUT2D eigenvalue weighted by Gasteiger charge is 2.18. The molecule has 1 atom stereocenters. The van der Waals surface area contributed by atoms with E-state index in [0.717, 1.165) is 11.3 Å². The van der Waals surface area contributed by atoms with Crippen molar-refractivity contribution < 1.29 is 4.79 Å². The van der Waals surface area contributed by atoms with Crippen LogP contribution in [-0.4, -0.2) is 38.4 Å². The number of nitrogens with zero attached hydrogens (tertiary/aromatic N) is 4. The average molecular weight is 277 g/mol. The minimum absolute atomic E-state index is 0.0515. The fourth-order valence-corrected chi connectivity index (χ4v) is 2.48. The van der Waals surface area contributed by atoms with Crippen molar-refractivity contribution in [2.45, 2.75) is 24.3 Å². The largest absolute Gasteiger partial charge is 0.358 e. The minimum Gasteiger partial charge on any atom is -0.358 e. The van der Waals surface area contributed by atoms with Gasteiger partial charge in [0.2, 0.25) is 11.1 Å². The smallest absolute Gasteiger partial charge is 0.233 e. The lowest BCUT2D eigenvalue weighted by Gasteiger charge is -2.10.